The lowest BCUT2D eigenvalue weighted by Crippen LogP contribution is -2.58. The molecule has 1 heterocycles. The van der Waals surface area contributed by atoms with Gasteiger partial charge < -0.3 is 5.11 Å². The second kappa shape index (κ2) is 8.17. The van der Waals surface area contributed by atoms with E-state index in [1.807, 2.05) is 0 Å². The highest BCUT2D eigenvalue weighted by atomic mass is 127. The molecular weight excluding hydrogens is 479 g/mol. The molecule has 1 fully saturated rings. The Labute approximate surface area is 172 Å². The number of phenolic OH excluding ortho intramolecular Hbond substituents is 1. The fourth-order valence-electron chi connectivity index (χ4n) is 2.45. The molecule has 0 aromatic heterocycles. The number of nitrogens with one attached hydrogen (secondary N) is 2. The number of hydrogen-bond donors (Lipinski definition) is 3. The molecule has 2 aromatic carbocycles. The number of halogens is 1. The van der Waals surface area contributed by atoms with Gasteiger partial charge in [-0.1, -0.05) is 12.1 Å². The van der Waals surface area contributed by atoms with Crippen LogP contribution < -0.4 is 15.6 Å². The van der Waals surface area contributed by atoms with Crippen LogP contribution in [0.1, 0.15) is 10.4 Å². The number of benzene rings is 2. The van der Waals surface area contributed by atoms with E-state index in [9.17, 15) is 24.3 Å². The van der Waals surface area contributed by atoms with Crippen molar-refractivity contribution in [3.05, 3.63) is 57.7 Å². The number of imide groups is 2. The van der Waals surface area contributed by atoms with Crippen molar-refractivity contribution in [2.24, 2.45) is 11.0 Å². The topological polar surface area (TPSA) is 128 Å². The van der Waals surface area contributed by atoms with Gasteiger partial charge in [0.2, 0.25) is 5.91 Å². The van der Waals surface area contributed by atoms with Crippen LogP contribution in [-0.2, 0) is 9.59 Å². The Kier molecular flexibility index (Phi) is 5.68. The summed E-state index contributed by atoms with van der Waals surface area (Å²) in [4.78, 5) is 49.6. The maximum absolute atomic E-state index is 12.6. The van der Waals surface area contributed by atoms with Crippen molar-refractivity contribution in [1.82, 2.24) is 10.7 Å². The smallest absolute Gasteiger partial charge is 0.335 e. The molecule has 0 unspecified atom stereocenters. The summed E-state index contributed by atoms with van der Waals surface area (Å²) in [6, 6.07) is 11.5. The maximum Gasteiger partial charge on any atom is 0.335 e. The van der Waals surface area contributed by atoms with Crippen LogP contribution in [0, 0.1) is 9.49 Å². The molecule has 0 saturated carbocycles. The zero-order valence-electron chi connectivity index (χ0n) is 14.1. The highest BCUT2D eigenvalue weighted by molar-refractivity contribution is 14.1. The van der Waals surface area contributed by atoms with Crippen molar-refractivity contribution in [3.63, 3.8) is 0 Å². The summed E-state index contributed by atoms with van der Waals surface area (Å²) in [5.74, 6) is -4.00. The average molecular weight is 492 g/mol. The maximum atomic E-state index is 12.6. The van der Waals surface area contributed by atoms with Gasteiger partial charge in [0.15, 0.2) is 5.92 Å². The fraction of sp³-hybridized carbons (Fsp3) is 0.0556. The molecule has 0 spiro atoms. The minimum Gasteiger partial charge on any atom is -0.507 e. The van der Waals surface area contributed by atoms with Crippen LogP contribution >= 0.6 is 22.6 Å². The van der Waals surface area contributed by atoms with Gasteiger partial charge in [-0.2, -0.15) is 5.10 Å². The predicted molar refractivity (Wildman–Crippen MR) is 108 cm³/mol. The lowest BCUT2D eigenvalue weighted by molar-refractivity contribution is -0.131. The van der Waals surface area contributed by atoms with E-state index in [-0.39, 0.29) is 11.3 Å². The number of aromatic hydroxyl groups is 1. The Hall–Kier alpha value is -3.28. The minimum absolute atomic E-state index is 0.0187. The van der Waals surface area contributed by atoms with Crippen LogP contribution in [0.5, 0.6) is 5.75 Å². The molecule has 1 saturated heterocycles. The first-order valence-corrected chi connectivity index (χ1v) is 9.02. The van der Waals surface area contributed by atoms with Gasteiger partial charge in [-0.05, 0) is 59.0 Å². The lowest BCUT2D eigenvalue weighted by Gasteiger charge is -2.28. The molecule has 1 aliphatic rings. The van der Waals surface area contributed by atoms with E-state index in [0.29, 0.717) is 5.69 Å². The first-order valence-electron chi connectivity index (χ1n) is 7.94. The Morgan fingerprint density at radius 2 is 1.82 bits per heavy atom. The summed E-state index contributed by atoms with van der Waals surface area (Å²) in [7, 11) is 0. The van der Waals surface area contributed by atoms with Crippen LogP contribution in [-0.4, -0.2) is 35.1 Å². The van der Waals surface area contributed by atoms with Crippen LogP contribution in [0.25, 0.3) is 0 Å². The molecule has 10 heteroatoms. The van der Waals surface area contributed by atoms with Gasteiger partial charge in [0, 0.05) is 9.78 Å². The third-order valence-electron chi connectivity index (χ3n) is 3.83. The molecule has 2 aromatic rings. The summed E-state index contributed by atoms with van der Waals surface area (Å²) in [6.45, 7) is 0. The molecule has 0 bridgehead atoms. The number of phenols is 1. The van der Waals surface area contributed by atoms with E-state index in [1.165, 1.54) is 12.1 Å². The van der Waals surface area contributed by atoms with E-state index >= 15 is 0 Å². The van der Waals surface area contributed by atoms with Crippen molar-refractivity contribution in [2.75, 3.05) is 4.90 Å². The fourth-order valence-corrected chi connectivity index (χ4v) is 2.81. The summed E-state index contributed by atoms with van der Waals surface area (Å²) >= 11 is 2.08. The SMILES string of the molecule is O=C(N/N=C\[C@H]1C(=O)NC(=O)N(c2ccc(I)cc2)C1=O)c1ccccc1O. The van der Waals surface area contributed by atoms with Crippen molar-refractivity contribution >= 4 is 58.2 Å². The molecule has 142 valence electrons. The van der Waals surface area contributed by atoms with Gasteiger partial charge in [-0.25, -0.2) is 15.1 Å². The van der Waals surface area contributed by atoms with Gasteiger partial charge in [0.1, 0.15) is 5.75 Å². The highest BCUT2D eigenvalue weighted by Crippen LogP contribution is 2.21. The molecule has 28 heavy (non-hydrogen) atoms. The Balaban J connectivity index is 1.76. The Morgan fingerprint density at radius 3 is 2.50 bits per heavy atom. The molecule has 0 aliphatic carbocycles. The zero-order valence-corrected chi connectivity index (χ0v) is 16.3. The van der Waals surface area contributed by atoms with E-state index in [2.05, 4.69) is 38.4 Å². The second-order valence-electron chi connectivity index (χ2n) is 5.66. The van der Waals surface area contributed by atoms with E-state index in [4.69, 9.17) is 0 Å². The standard InChI is InChI=1S/C18H13IN4O5/c19-10-5-7-11(8-6-10)23-17(27)13(15(25)21-18(23)28)9-20-22-16(26)12-3-1-2-4-14(12)24/h1-9,13,24H,(H,22,26)(H,21,25,28)/b20-9-/t13-/m0/s1. The monoisotopic (exact) mass is 492 g/mol. The predicted octanol–water partition coefficient (Wildman–Crippen LogP) is 1.61. The number of nitrogens with zero attached hydrogens (tertiary/aromatic N) is 2. The van der Waals surface area contributed by atoms with Gasteiger partial charge in [-0.3, -0.25) is 19.7 Å². The highest BCUT2D eigenvalue weighted by Gasteiger charge is 2.40. The molecular formula is C18H13IN4O5. The molecule has 9 nitrogen and oxygen atoms in total. The third-order valence-corrected chi connectivity index (χ3v) is 4.54. The van der Waals surface area contributed by atoms with Crippen molar-refractivity contribution < 1.29 is 24.3 Å². The summed E-state index contributed by atoms with van der Waals surface area (Å²) in [6.07, 6.45) is 0.932. The number of urea groups is 1. The third kappa shape index (κ3) is 4.01. The van der Waals surface area contributed by atoms with Gasteiger partial charge in [0.25, 0.3) is 11.8 Å². The first kappa shape index (κ1) is 19.5. The van der Waals surface area contributed by atoms with Crippen molar-refractivity contribution in [1.29, 1.82) is 0 Å². The summed E-state index contributed by atoms with van der Waals surface area (Å²) in [5.41, 5.74) is 2.41. The number of barbiturate groups is 1. The number of anilines is 1. The number of hydrogen-bond acceptors (Lipinski definition) is 6. The second-order valence-corrected chi connectivity index (χ2v) is 6.90. The van der Waals surface area contributed by atoms with Crippen molar-refractivity contribution in [2.45, 2.75) is 0 Å². The number of amides is 5. The molecule has 3 rings (SSSR count). The number of carbonyl (C=O) groups excluding carboxylic acids is 4. The Morgan fingerprint density at radius 1 is 1.14 bits per heavy atom. The molecule has 1 atom stereocenters. The van der Waals surface area contributed by atoms with E-state index in [1.54, 1.807) is 36.4 Å². The number of carbonyl (C=O) groups is 4. The normalized spacial score (nSPS) is 17.0. The molecule has 1 aliphatic heterocycles. The van der Waals surface area contributed by atoms with Crippen LogP contribution in [0.15, 0.2) is 53.6 Å². The summed E-state index contributed by atoms with van der Waals surface area (Å²) in [5, 5.41) is 15.4. The molecule has 5 amide bonds. The van der Waals surface area contributed by atoms with Crippen LogP contribution in [0.4, 0.5) is 10.5 Å². The average Bonchev–Trinajstić information content (AvgIpc) is 2.66. The Bertz CT molecular complexity index is 990. The lowest BCUT2D eigenvalue weighted by atomic mass is 10.1. The number of rotatable bonds is 4. The quantitative estimate of drug-likeness (QED) is 0.259. The summed E-state index contributed by atoms with van der Waals surface area (Å²) < 4.78 is 0.910. The molecule has 3 N–H and O–H groups in total. The van der Waals surface area contributed by atoms with Crippen molar-refractivity contribution in [3.8, 4) is 5.75 Å². The van der Waals surface area contributed by atoms with Crippen LogP contribution in [0.3, 0.4) is 0 Å². The van der Waals surface area contributed by atoms with E-state index < -0.39 is 29.7 Å². The zero-order chi connectivity index (χ0) is 20.3. The minimum atomic E-state index is -1.40. The van der Waals surface area contributed by atoms with Gasteiger partial charge in [0.05, 0.1) is 11.3 Å². The van der Waals surface area contributed by atoms with Crippen LogP contribution in [0.2, 0.25) is 0 Å². The number of hydrazone groups is 1. The van der Waals surface area contributed by atoms with Gasteiger partial charge in [-0.15, -0.1) is 0 Å². The largest absolute Gasteiger partial charge is 0.507 e. The van der Waals surface area contributed by atoms with Gasteiger partial charge >= 0.3 is 6.03 Å². The first-order chi connectivity index (χ1) is 13.4. The number of para-hydroxylation sites is 1. The van der Waals surface area contributed by atoms with E-state index in [0.717, 1.165) is 14.7 Å². The molecule has 0 radical (unpaired) electrons.